The van der Waals surface area contributed by atoms with Gasteiger partial charge in [0.25, 0.3) is 0 Å². The molecule has 1 aliphatic carbocycles. The highest BCUT2D eigenvalue weighted by atomic mass is 32.2. The summed E-state index contributed by atoms with van der Waals surface area (Å²) in [5.41, 5.74) is 3.87. The minimum atomic E-state index is 0.0714. The summed E-state index contributed by atoms with van der Waals surface area (Å²) >= 11 is 1.75. The maximum Gasteiger partial charge on any atom is 0.220 e. The van der Waals surface area contributed by atoms with Crippen LogP contribution in [0, 0.1) is 5.92 Å². The van der Waals surface area contributed by atoms with E-state index in [4.69, 9.17) is 4.74 Å². The number of carbonyl (C=O) groups excluding carboxylic acids is 1. The molecule has 0 radical (unpaired) electrons. The van der Waals surface area contributed by atoms with Crippen LogP contribution in [0.5, 0.6) is 0 Å². The zero-order valence-electron chi connectivity index (χ0n) is 19.3. The minimum absolute atomic E-state index is 0.0714. The first-order chi connectivity index (χ1) is 15.6. The molecule has 0 fully saturated rings. The van der Waals surface area contributed by atoms with Crippen molar-refractivity contribution in [3.63, 3.8) is 0 Å². The van der Waals surface area contributed by atoms with E-state index in [0.717, 1.165) is 48.1 Å². The number of nitrogens with zero attached hydrogens (tertiary/aromatic N) is 3. The number of para-hydroxylation sites is 1. The fourth-order valence-electron chi connectivity index (χ4n) is 3.95. The average molecular weight is 455 g/mol. The number of rotatable bonds is 12. The summed E-state index contributed by atoms with van der Waals surface area (Å²) in [5.74, 6) is 2.52. The van der Waals surface area contributed by atoms with E-state index in [0.29, 0.717) is 25.5 Å². The van der Waals surface area contributed by atoms with Gasteiger partial charge in [0, 0.05) is 37.9 Å². The van der Waals surface area contributed by atoms with Crippen molar-refractivity contribution < 1.29 is 9.53 Å². The summed E-state index contributed by atoms with van der Waals surface area (Å²) in [4.78, 5) is 11.9. The SMILES string of the molecule is COCCNC(=O)CCCCc1nnc(SCC2=CC(C)=CC(C)C2)n1-c1ccccc1. The predicted octanol–water partition coefficient (Wildman–Crippen LogP) is 4.75. The van der Waals surface area contributed by atoms with Gasteiger partial charge in [-0.2, -0.15) is 0 Å². The normalized spacial score (nSPS) is 15.9. The first kappa shape index (κ1) is 24.3. The summed E-state index contributed by atoms with van der Waals surface area (Å²) in [7, 11) is 1.63. The van der Waals surface area contributed by atoms with Gasteiger partial charge in [0.1, 0.15) is 5.82 Å². The molecule has 1 amide bonds. The number of nitrogens with one attached hydrogen (secondary N) is 1. The molecule has 1 aromatic carbocycles. The third-order valence-corrected chi connectivity index (χ3v) is 6.38. The summed E-state index contributed by atoms with van der Waals surface area (Å²) in [5, 5.41) is 12.8. The second kappa shape index (κ2) is 12.6. The molecule has 2 aromatic rings. The van der Waals surface area contributed by atoms with Crippen molar-refractivity contribution >= 4 is 17.7 Å². The Labute approximate surface area is 195 Å². The monoisotopic (exact) mass is 454 g/mol. The molecule has 32 heavy (non-hydrogen) atoms. The highest BCUT2D eigenvalue weighted by Crippen LogP contribution is 2.29. The Hall–Kier alpha value is -2.38. The van der Waals surface area contributed by atoms with Crippen molar-refractivity contribution in [3.05, 3.63) is 59.5 Å². The molecular weight excluding hydrogens is 420 g/mol. The number of unbranched alkanes of at least 4 members (excludes halogenated alkanes) is 1. The van der Waals surface area contributed by atoms with E-state index >= 15 is 0 Å². The van der Waals surface area contributed by atoms with Crippen LogP contribution in [0.15, 0.2) is 58.8 Å². The topological polar surface area (TPSA) is 69.0 Å². The molecule has 1 unspecified atom stereocenters. The molecule has 172 valence electrons. The number of benzene rings is 1. The van der Waals surface area contributed by atoms with Gasteiger partial charge in [-0.05, 0) is 44.2 Å². The second-order valence-electron chi connectivity index (χ2n) is 8.30. The third kappa shape index (κ3) is 7.35. The number of hydrogen-bond donors (Lipinski definition) is 1. The molecule has 1 aliphatic rings. The average Bonchev–Trinajstić information content (AvgIpc) is 3.18. The fourth-order valence-corrected chi connectivity index (χ4v) is 4.90. The lowest BCUT2D eigenvalue weighted by molar-refractivity contribution is -0.121. The summed E-state index contributed by atoms with van der Waals surface area (Å²) in [6, 6.07) is 10.3. The van der Waals surface area contributed by atoms with E-state index in [1.165, 1.54) is 11.1 Å². The van der Waals surface area contributed by atoms with Gasteiger partial charge in [-0.3, -0.25) is 9.36 Å². The Morgan fingerprint density at radius 1 is 1.25 bits per heavy atom. The second-order valence-corrected chi connectivity index (χ2v) is 9.25. The molecule has 1 heterocycles. The van der Waals surface area contributed by atoms with Gasteiger partial charge in [0.15, 0.2) is 5.16 Å². The van der Waals surface area contributed by atoms with Crippen LogP contribution in [0.4, 0.5) is 0 Å². The maximum atomic E-state index is 11.9. The molecule has 0 spiro atoms. The van der Waals surface area contributed by atoms with Crippen LogP contribution in [0.3, 0.4) is 0 Å². The van der Waals surface area contributed by atoms with Crippen molar-refractivity contribution in [2.24, 2.45) is 5.92 Å². The Balaban J connectivity index is 1.62. The number of carbonyl (C=O) groups is 1. The predicted molar refractivity (Wildman–Crippen MR) is 130 cm³/mol. The van der Waals surface area contributed by atoms with E-state index in [1.54, 1.807) is 18.9 Å². The summed E-state index contributed by atoms with van der Waals surface area (Å²) in [6.45, 7) is 5.53. The molecule has 1 aromatic heterocycles. The van der Waals surface area contributed by atoms with Gasteiger partial charge in [-0.15, -0.1) is 10.2 Å². The van der Waals surface area contributed by atoms with Crippen LogP contribution < -0.4 is 5.32 Å². The number of aromatic nitrogens is 3. The lowest BCUT2D eigenvalue weighted by atomic mass is 9.93. The Bertz CT molecular complexity index is 937. The molecule has 0 bridgehead atoms. The van der Waals surface area contributed by atoms with Crippen molar-refractivity contribution in [2.45, 2.75) is 51.1 Å². The number of aryl methyl sites for hydroxylation is 1. The summed E-state index contributed by atoms with van der Waals surface area (Å²) in [6.07, 6.45) is 8.74. The third-order valence-electron chi connectivity index (χ3n) is 5.35. The van der Waals surface area contributed by atoms with Gasteiger partial charge in [0.05, 0.1) is 6.61 Å². The number of methoxy groups -OCH3 is 1. The standard InChI is InChI=1S/C25H34N4O2S/c1-19-15-20(2)17-21(16-19)18-32-25-28-27-23(29(25)22-9-5-4-6-10-22)11-7-8-12-24(30)26-13-14-31-3/h4-6,9-10,15-16,20H,7-8,11-14,17-18H2,1-3H3,(H,26,30). The van der Waals surface area contributed by atoms with Gasteiger partial charge < -0.3 is 10.1 Å². The van der Waals surface area contributed by atoms with Crippen molar-refractivity contribution in [2.75, 3.05) is 26.0 Å². The lowest BCUT2D eigenvalue weighted by Gasteiger charge is -2.17. The maximum absolute atomic E-state index is 11.9. The Kier molecular flexibility index (Phi) is 9.56. The van der Waals surface area contributed by atoms with Crippen LogP contribution in [0.2, 0.25) is 0 Å². The van der Waals surface area contributed by atoms with E-state index in [2.05, 4.69) is 58.2 Å². The molecule has 0 aliphatic heterocycles. The van der Waals surface area contributed by atoms with Crippen molar-refractivity contribution in [1.82, 2.24) is 20.1 Å². The largest absolute Gasteiger partial charge is 0.383 e. The number of thioether (sulfide) groups is 1. The highest BCUT2D eigenvalue weighted by Gasteiger charge is 2.16. The smallest absolute Gasteiger partial charge is 0.220 e. The van der Waals surface area contributed by atoms with Gasteiger partial charge in [-0.25, -0.2) is 0 Å². The van der Waals surface area contributed by atoms with Crippen LogP contribution in [-0.4, -0.2) is 46.7 Å². The number of allylic oxidation sites excluding steroid dienone is 3. The van der Waals surface area contributed by atoms with E-state index in [9.17, 15) is 4.79 Å². The zero-order valence-corrected chi connectivity index (χ0v) is 20.2. The first-order valence-corrected chi connectivity index (χ1v) is 12.3. The molecular formula is C25H34N4O2S. The molecule has 0 saturated carbocycles. The molecule has 0 saturated heterocycles. The van der Waals surface area contributed by atoms with E-state index < -0.39 is 0 Å². The van der Waals surface area contributed by atoms with Gasteiger partial charge in [0.2, 0.25) is 5.91 Å². The van der Waals surface area contributed by atoms with Crippen LogP contribution in [0.25, 0.3) is 5.69 Å². The minimum Gasteiger partial charge on any atom is -0.383 e. The van der Waals surface area contributed by atoms with Crippen LogP contribution >= 0.6 is 11.8 Å². The number of ether oxygens (including phenoxy) is 1. The molecule has 1 atom stereocenters. The first-order valence-electron chi connectivity index (χ1n) is 11.3. The highest BCUT2D eigenvalue weighted by molar-refractivity contribution is 7.99. The lowest BCUT2D eigenvalue weighted by Crippen LogP contribution is -2.26. The molecule has 3 rings (SSSR count). The quantitative estimate of drug-likeness (QED) is 0.370. The molecule has 1 N–H and O–H groups in total. The molecule has 6 nitrogen and oxygen atoms in total. The van der Waals surface area contributed by atoms with Crippen LogP contribution in [0.1, 0.15) is 45.4 Å². The van der Waals surface area contributed by atoms with Gasteiger partial charge >= 0.3 is 0 Å². The zero-order chi connectivity index (χ0) is 22.8. The Morgan fingerprint density at radius 2 is 2.06 bits per heavy atom. The van der Waals surface area contributed by atoms with Crippen molar-refractivity contribution in [3.8, 4) is 5.69 Å². The van der Waals surface area contributed by atoms with Crippen molar-refractivity contribution in [1.29, 1.82) is 0 Å². The number of amides is 1. The molecule has 7 heteroatoms. The summed E-state index contributed by atoms with van der Waals surface area (Å²) < 4.78 is 7.13. The fraction of sp³-hybridized carbons (Fsp3) is 0.480. The van der Waals surface area contributed by atoms with Crippen LogP contribution in [-0.2, 0) is 16.0 Å². The van der Waals surface area contributed by atoms with E-state index in [1.807, 2.05) is 18.2 Å². The van der Waals surface area contributed by atoms with Gasteiger partial charge in [-0.1, -0.05) is 60.2 Å². The van der Waals surface area contributed by atoms with E-state index in [-0.39, 0.29) is 5.91 Å². The number of hydrogen-bond acceptors (Lipinski definition) is 5. The Morgan fingerprint density at radius 3 is 2.81 bits per heavy atom.